The number of para-hydroxylation sites is 2. The fraction of sp³-hybridized carbons (Fsp3) is 0.404. The molecule has 2 saturated heterocycles. The molecular formula is C52H66N6O. The number of pyridine rings is 2. The zero-order chi connectivity index (χ0) is 42.2. The number of aromatic nitrogens is 2. The van der Waals surface area contributed by atoms with E-state index >= 15 is 0 Å². The highest BCUT2D eigenvalue weighted by molar-refractivity contribution is 5.87. The normalized spacial score (nSPS) is 16.8. The minimum Gasteiger partial charge on any atom is -0.326 e. The first kappa shape index (κ1) is 43.8. The Kier molecular flexibility index (Phi) is 14.5. The molecule has 6 aromatic rings. The lowest BCUT2D eigenvalue weighted by Gasteiger charge is -2.39. The number of piperidine rings is 2. The molecule has 0 saturated carbocycles. The summed E-state index contributed by atoms with van der Waals surface area (Å²) in [7, 11) is 0. The van der Waals surface area contributed by atoms with Crippen LogP contribution in [0.5, 0.6) is 0 Å². The lowest BCUT2D eigenvalue weighted by atomic mass is 9.95. The Morgan fingerprint density at radius 2 is 0.966 bits per heavy atom. The maximum Gasteiger partial charge on any atom is 0.135 e. The highest BCUT2D eigenvalue weighted by Gasteiger charge is 2.27. The Labute approximate surface area is 353 Å². The van der Waals surface area contributed by atoms with E-state index < -0.39 is 0 Å². The van der Waals surface area contributed by atoms with Gasteiger partial charge in [-0.1, -0.05) is 97.1 Å². The van der Waals surface area contributed by atoms with Gasteiger partial charge in [0, 0.05) is 90.1 Å². The predicted molar refractivity (Wildman–Crippen MR) is 248 cm³/mol. The largest absolute Gasteiger partial charge is 0.326 e. The topological polar surface area (TPSA) is 87.4 Å². The molecule has 0 amide bonds. The minimum atomic E-state index is 0. The molecule has 0 aliphatic carbocycles. The van der Waals surface area contributed by atoms with Crippen LogP contribution in [0.25, 0.3) is 44.3 Å². The van der Waals surface area contributed by atoms with Gasteiger partial charge in [-0.05, 0) is 104 Å². The number of fused-ring (bicyclic) bond motifs is 2. The number of hydrogen-bond donors (Lipinski definition) is 2. The van der Waals surface area contributed by atoms with Crippen LogP contribution >= 0.6 is 0 Å². The molecule has 2 aliphatic rings. The van der Waals surface area contributed by atoms with E-state index in [2.05, 4.69) is 147 Å². The summed E-state index contributed by atoms with van der Waals surface area (Å²) in [6.45, 7) is 21.2. The lowest BCUT2D eigenvalue weighted by molar-refractivity contribution is -0.121. The maximum absolute atomic E-state index is 11.6. The van der Waals surface area contributed by atoms with Crippen molar-refractivity contribution in [3.05, 3.63) is 132 Å². The number of carbonyl (C=O) groups is 1. The smallest absolute Gasteiger partial charge is 0.135 e. The Bertz CT molecular complexity index is 2250. The molecular weight excluding hydrogens is 725 g/mol. The first-order valence-electron chi connectivity index (χ1n) is 21.6. The van der Waals surface area contributed by atoms with E-state index in [1.807, 2.05) is 45.0 Å². The number of Topliss-reactive ketones (excluding diaryl/α,β-unsaturated/α-hetero) is 1. The third kappa shape index (κ3) is 12.4. The van der Waals surface area contributed by atoms with E-state index in [4.69, 9.17) is 15.7 Å². The zero-order valence-electron chi connectivity index (χ0n) is 36.7. The third-order valence-corrected chi connectivity index (χ3v) is 11.2. The number of benzene rings is 4. The van der Waals surface area contributed by atoms with Crippen molar-refractivity contribution in [3.8, 4) is 22.5 Å². The fourth-order valence-electron chi connectivity index (χ4n) is 8.21. The van der Waals surface area contributed by atoms with Gasteiger partial charge in [-0.2, -0.15) is 0 Å². The number of nitrogens with two attached hydrogens (primary N) is 1. The Morgan fingerprint density at radius 3 is 1.37 bits per heavy atom. The molecule has 3 N–H and O–H groups in total. The van der Waals surface area contributed by atoms with Crippen LogP contribution in [0.3, 0.4) is 0 Å². The molecule has 2 unspecified atom stereocenters. The van der Waals surface area contributed by atoms with Crippen LogP contribution in [0.4, 0.5) is 0 Å². The molecule has 2 aliphatic heterocycles. The number of nitrogens with zero attached hydrogens (tertiary/aromatic N) is 4. The summed E-state index contributed by atoms with van der Waals surface area (Å²) in [6, 6.07) is 43.6. The second-order valence-electron chi connectivity index (χ2n) is 18.5. The highest BCUT2D eigenvalue weighted by atomic mass is 16.1. The summed E-state index contributed by atoms with van der Waals surface area (Å²) in [5.41, 5.74) is 14.7. The van der Waals surface area contributed by atoms with Crippen molar-refractivity contribution < 1.29 is 4.79 Å². The van der Waals surface area contributed by atoms with E-state index in [1.165, 1.54) is 40.3 Å². The molecule has 2 fully saturated rings. The van der Waals surface area contributed by atoms with Crippen molar-refractivity contribution >= 4 is 27.6 Å². The maximum atomic E-state index is 11.6. The summed E-state index contributed by atoms with van der Waals surface area (Å²) in [5, 5.41) is 6.25. The van der Waals surface area contributed by atoms with E-state index in [1.54, 1.807) is 0 Å². The van der Waals surface area contributed by atoms with Crippen molar-refractivity contribution in [3.63, 3.8) is 0 Å². The SMILES string of the molecule is CC(C)(C)N.CC(c1cc(-c2ccccc2)nc2ccccc12)N1CCC(=O)CC1.CC(c1cc(-c2ccccc2)nc2ccccc12)N1CCC(NC(C)(C)C)CC1. The molecule has 2 atom stereocenters. The first-order chi connectivity index (χ1) is 28.1. The van der Waals surface area contributed by atoms with Gasteiger partial charge in [0.15, 0.2) is 0 Å². The van der Waals surface area contributed by atoms with Gasteiger partial charge in [-0.3, -0.25) is 14.6 Å². The summed E-state index contributed by atoms with van der Waals surface area (Å²) in [5.74, 6) is 0.382. The van der Waals surface area contributed by atoms with Gasteiger partial charge in [0.2, 0.25) is 0 Å². The van der Waals surface area contributed by atoms with Crippen molar-refractivity contribution in [2.45, 2.75) is 110 Å². The Morgan fingerprint density at radius 1 is 0.593 bits per heavy atom. The van der Waals surface area contributed by atoms with E-state index in [0.717, 1.165) is 54.2 Å². The van der Waals surface area contributed by atoms with E-state index in [0.29, 0.717) is 30.7 Å². The van der Waals surface area contributed by atoms with Gasteiger partial charge in [0.1, 0.15) is 5.78 Å². The van der Waals surface area contributed by atoms with Crippen molar-refractivity contribution in [2.24, 2.45) is 5.73 Å². The second kappa shape index (κ2) is 19.5. The molecule has 0 spiro atoms. The highest BCUT2D eigenvalue weighted by Crippen LogP contribution is 2.34. The summed E-state index contributed by atoms with van der Waals surface area (Å²) in [4.78, 5) is 26.5. The molecule has 0 radical (unpaired) electrons. The molecule has 0 bridgehead atoms. The monoisotopic (exact) mass is 791 g/mol. The Balaban J connectivity index is 0.000000180. The van der Waals surface area contributed by atoms with Gasteiger partial charge in [-0.15, -0.1) is 0 Å². The van der Waals surface area contributed by atoms with Crippen LogP contribution in [-0.2, 0) is 4.79 Å². The second-order valence-corrected chi connectivity index (χ2v) is 18.5. The van der Waals surface area contributed by atoms with E-state index in [-0.39, 0.29) is 17.1 Å². The number of ketones is 1. The first-order valence-corrected chi connectivity index (χ1v) is 21.6. The van der Waals surface area contributed by atoms with Gasteiger partial charge < -0.3 is 11.1 Å². The number of likely N-dealkylation sites (tertiary alicyclic amines) is 2. The predicted octanol–water partition coefficient (Wildman–Crippen LogP) is 11.2. The fourth-order valence-corrected chi connectivity index (χ4v) is 8.21. The van der Waals surface area contributed by atoms with Crippen LogP contribution in [0.2, 0.25) is 0 Å². The average Bonchev–Trinajstić information content (AvgIpc) is 3.22. The average molecular weight is 791 g/mol. The van der Waals surface area contributed by atoms with Gasteiger partial charge in [0.05, 0.1) is 22.4 Å². The number of hydrogen-bond acceptors (Lipinski definition) is 7. The van der Waals surface area contributed by atoms with E-state index in [9.17, 15) is 4.79 Å². The van der Waals surface area contributed by atoms with Crippen LogP contribution in [-0.4, -0.2) is 68.8 Å². The molecule has 2 aromatic heterocycles. The van der Waals surface area contributed by atoms with Gasteiger partial charge >= 0.3 is 0 Å². The third-order valence-electron chi connectivity index (χ3n) is 11.2. The lowest BCUT2D eigenvalue weighted by Crippen LogP contribution is -2.49. The van der Waals surface area contributed by atoms with Crippen molar-refractivity contribution in [1.29, 1.82) is 0 Å². The molecule has 4 aromatic carbocycles. The van der Waals surface area contributed by atoms with Crippen molar-refractivity contribution in [1.82, 2.24) is 25.1 Å². The van der Waals surface area contributed by atoms with Gasteiger partial charge in [-0.25, -0.2) is 9.97 Å². The summed E-state index contributed by atoms with van der Waals surface area (Å²) < 4.78 is 0. The van der Waals surface area contributed by atoms with Crippen LogP contribution in [0.1, 0.15) is 104 Å². The number of nitrogens with one attached hydrogen (secondary N) is 1. The standard InChI is InChI=1S/C26H33N3.C22H22N2O.C4H11N/c1-19(29-16-14-21(15-17-29)28-26(2,3)4)23-18-25(20-10-6-5-7-11-20)27-24-13-9-8-12-22(23)24;1-16(24-13-11-18(25)12-14-24)20-15-22(17-7-3-2-4-8-17)23-21-10-6-5-9-19(20)21;1-4(2,3)5/h5-13,18-19,21,28H,14-17H2,1-4H3;2-10,15-16H,11-14H2,1H3;5H2,1-3H3. The van der Waals surface area contributed by atoms with Crippen LogP contribution in [0.15, 0.2) is 121 Å². The Hall–Kier alpha value is -4.79. The van der Waals surface area contributed by atoms with Crippen molar-refractivity contribution in [2.75, 3.05) is 26.2 Å². The van der Waals surface area contributed by atoms with Crippen LogP contribution < -0.4 is 11.1 Å². The number of rotatable bonds is 7. The van der Waals surface area contributed by atoms with Gasteiger partial charge in [0.25, 0.3) is 0 Å². The summed E-state index contributed by atoms with van der Waals surface area (Å²) >= 11 is 0. The minimum absolute atomic E-state index is 0. The number of carbonyl (C=O) groups excluding carboxylic acids is 1. The van der Waals surface area contributed by atoms with Crippen LogP contribution in [0, 0.1) is 0 Å². The molecule has 4 heterocycles. The molecule has 7 heteroatoms. The zero-order valence-corrected chi connectivity index (χ0v) is 36.7. The summed E-state index contributed by atoms with van der Waals surface area (Å²) in [6.07, 6.45) is 3.74. The molecule has 7 nitrogen and oxygen atoms in total. The quantitative estimate of drug-likeness (QED) is 0.166. The molecule has 59 heavy (non-hydrogen) atoms. The molecule has 8 rings (SSSR count). The molecule has 310 valence electrons.